The Balaban J connectivity index is 2.15. The number of carbonyl (C=O) groups excluding carboxylic acids is 1. The van der Waals surface area contributed by atoms with Gasteiger partial charge in [-0.25, -0.2) is 9.37 Å². The van der Waals surface area contributed by atoms with E-state index in [1.165, 1.54) is 0 Å². The van der Waals surface area contributed by atoms with Crippen LogP contribution in [-0.2, 0) is 0 Å². The van der Waals surface area contributed by atoms with E-state index in [1.54, 1.807) is 18.3 Å². The van der Waals surface area contributed by atoms with Gasteiger partial charge in [0, 0.05) is 16.0 Å². The van der Waals surface area contributed by atoms with Gasteiger partial charge in [-0.15, -0.1) is 11.3 Å². The van der Waals surface area contributed by atoms with E-state index < -0.39 is 17.7 Å². The van der Waals surface area contributed by atoms with Crippen LogP contribution >= 0.6 is 11.3 Å². The summed E-state index contributed by atoms with van der Waals surface area (Å²) in [4.78, 5) is 17.1. The lowest BCUT2D eigenvalue weighted by atomic mass is 10.2. The third kappa shape index (κ3) is 2.96. The van der Waals surface area contributed by atoms with Crippen molar-refractivity contribution in [3.05, 3.63) is 51.5 Å². The molecule has 0 spiro atoms. The van der Waals surface area contributed by atoms with Crippen LogP contribution in [0.4, 0.5) is 8.78 Å². The molecule has 3 nitrogen and oxygen atoms in total. The molecule has 0 aromatic carbocycles. The molecule has 0 radical (unpaired) electrons. The molecule has 0 aliphatic heterocycles. The van der Waals surface area contributed by atoms with Gasteiger partial charge < -0.3 is 5.32 Å². The maximum atomic E-state index is 13.4. The minimum atomic E-state index is -1.27. The van der Waals surface area contributed by atoms with Gasteiger partial charge in [0.1, 0.15) is 0 Å². The SMILES string of the molecule is Cc1ccc(C(C)NC(=O)c2ccnc(F)c2F)s1. The molecule has 1 N–H and O–H groups in total. The highest BCUT2D eigenvalue weighted by molar-refractivity contribution is 7.12. The minimum absolute atomic E-state index is 0.262. The molecule has 100 valence electrons. The Morgan fingerprint density at radius 1 is 1.37 bits per heavy atom. The van der Waals surface area contributed by atoms with Crippen LogP contribution in [0.5, 0.6) is 0 Å². The van der Waals surface area contributed by atoms with Crippen molar-refractivity contribution in [2.24, 2.45) is 0 Å². The summed E-state index contributed by atoms with van der Waals surface area (Å²) in [5, 5.41) is 2.63. The third-order valence-corrected chi connectivity index (χ3v) is 3.81. The Hall–Kier alpha value is -1.82. The summed E-state index contributed by atoms with van der Waals surface area (Å²) in [6.07, 6.45) is 1.06. The smallest absolute Gasteiger partial charge is 0.254 e. The molecule has 1 atom stereocenters. The van der Waals surface area contributed by atoms with Crippen LogP contribution in [0.25, 0.3) is 0 Å². The zero-order valence-corrected chi connectivity index (χ0v) is 11.2. The Bertz CT molecular complexity index is 612. The van der Waals surface area contributed by atoms with Crippen LogP contribution in [0.1, 0.15) is 33.1 Å². The number of nitrogens with one attached hydrogen (secondary N) is 1. The van der Waals surface area contributed by atoms with Crippen molar-refractivity contribution in [3.63, 3.8) is 0 Å². The fourth-order valence-electron chi connectivity index (χ4n) is 1.63. The van der Waals surface area contributed by atoms with E-state index in [1.807, 2.05) is 19.1 Å². The number of aryl methyl sites for hydroxylation is 1. The first-order chi connectivity index (χ1) is 8.99. The predicted octanol–water partition coefficient (Wildman–Crippen LogP) is 3.22. The second kappa shape index (κ2) is 5.44. The van der Waals surface area contributed by atoms with E-state index in [4.69, 9.17) is 0 Å². The normalized spacial score (nSPS) is 12.2. The van der Waals surface area contributed by atoms with Gasteiger partial charge in [0.2, 0.25) is 5.95 Å². The lowest BCUT2D eigenvalue weighted by Gasteiger charge is -2.12. The number of thiophene rings is 1. The molecule has 0 bridgehead atoms. The molecule has 0 aliphatic carbocycles. The van der Waals surface area contributed by atoms with Gasteiger partial charge >= 0.3 is 0 Å². The predicted molar refractivity (Wildman–Crippen MR) is 69.1 cm³/mol. The van der Waals surface area contributed by atoms with Gasteiger partial charge in [0.25, 0.3) is 5.91 Å². The lowest BCUT2D eigenvalue weighted by molar-refractivity contribution is 0.0935. The number of halogens is 2. The summed E-state index contributed by atoms with van der Waals surface area (Å²) >= 11 is 1.55. The molecule has 2 heterocycles. The summed E-state index contributed by atoms with van der Waals surface area (Å²) in [5.41, 5.74) is -0.340. The van der Waals surface area contributed by atoms with Crippen LogP contribution in [-0.4, -0.2) is 10.9 Å². The Labute approximate surface area is 113 Å². The van der Waals surface area contributed by atoms with E-state index in [0.717, 1.165) is 22.0 Å². The quantitative estimate of drug-likeness (QED) is 0.878. The fourth-order valence-corrected chi connectivity index (χ4v) is 2.50. The first-order valence-electron chi connectivity index (χ1n) is 5.66. The first kappa shape index (κ1) is 13.6. The number of aromatic nitrogens is 1. The number of nitrogens with zero attached hydrogens (tertiary/aromatic N) is 1. The van der Waals surface area contributed by atoms with E-state index in [-0.39, 0.29) is 11.6 Å². The van der Waals surface area contributed by atoms with Gasteiger partial charge in [-0.2, -0.15) is 4.39 Å². The average molecular weight is 282 g/mol. The van der Waals surface area contributed by atoms with E-state index in [9.17, 15) is 13.6 Å². The molecule has 0 saturated heterocycles. The Morgan fingerprint density at radius 2 is 2.11 bits per heavy atom. The lowest BCUT2D eigenvalue weighted by Crippen LogP contribution is -2.27. The molecule has 1 amide bonds. The maximum Gasteiger partial charge on any atom is 0.254 e. The molecule has 0 fully saturated rings. The summed E-state index contributed by atoms with van der Waals surface area (Å²) in [6, 6.07) is 4.73. The minimum Gasteiger partial charge on any atom is -0.345 e. The zero-order chi connectivity index (χ0) is 14.0. The highest BCUT2D eigenvalue weighted by Gasteiger charge is 2.18. The second-order valence-corrected chi connectivity index (χ2v) is 5.43. The Kier molecular flexibility index (Phi) is 3.90. The molecular weight excluding hydrogens is 270 g/mol. The number of carbonyl (C=O) groups is 1. The van der Waals surface area contributed by atoms with E-state index >= 15 is 0 Å². The van der Waals surface area contributed by atoms with Gasteiger partial charge in [-0.1, -0.05) is 0 Å². The van der Waals surface area contributed by atoms with Crippen molar-refractivity contribution in [1.82, 2.24) is 10.3 Å². The molecule has 2 aromatic heterocycles. The number of hydrogen-bond acceptors (Lipinski definition) is 3. The van der Waals surface area contributed by atoms with Crippen molar-refractivity contribution in [3.8, 4) is 0 Å². The highest BCUT2D eigenvalue weighted by atomic mass is 32.1. The van der Waals surface area contributed by atoms with Gasteiger partial charge in [0.15, 0.2) is 5.82 Å². The molecule has 1 unspecified atom stereocenters. The second-order valence-electron chi connectivity index (χ2n) is 4.11. The standard InChI is InChI=1S/C13H12F2N2OS/c1-7-3-4-10(19-7)8(2)17-13(18)9-5-6-16-12(15)11(9)14/h3-6,8H,1-2H3,(H,17,18). The van der Waals surface area contributed by atoms with Crippen molar-refractivity contribution in [1.29, 1.82) is 0 Å². The molecule has 2 aromatic rings. The molecule has 0 saturated carbocycles. The summed E-state index contributed by atoms with van der Waals surface area (Å²) in [6.45, 7) is 3.75. The molecule has 6 heteroatoms. The average Bonchev–Trinajstić information content (AvgIpc) is 2.79. The monoisotopic (exact) mass is 282 g/mol. The number of rotatable bonds is 3. The van der Waals surface area contributed by atoms with Crippen LogP contribution in [0.2, 0.25) is 0 Å². The third-order valence-electron chi connectivity index (χ3n) is 2.63. The van der Waals surface area contributed by atoms with Crippen LogP contribution in [0.3, 0.4) is 0 Å². The Morgan fingerprint density at radius 3 is 2.74 bits per heavy atom. The maximum absolute atomic E-state index is 13.4. The molecule has 0 aliphatic rings. The summed E-state index contributed by atoms with van der Waals surface area (Å²) in [7, 11) is 0. The first-order valence-corrected chi connectivity index (χ1v) is 6.48. The van der Waals surface area contributed by atoms with Crippen LogP contribution < -0.4 is 5.32 Å². The molecule has 19 heavy (non-hydrogen) atoms. The van der Waals surface area contributed by atoms with Gasteiger partial charge in [-0.05, 0) is 32.0 Å². The number of amides is 1. The van der Waals surface area contributed by atoms with Crippen LogP contribution in [0.15, 0.2) is 24.4 Å². The van der Waals surface area contributed by atoms with Crippen molar-refractivity contribution < 1.29 is 13.6 Å². The summed E-state index contributed by atoms with van der Waals surface area (Å²) < 4.78 is 26.4. The van der Waals surface area contributed by atoms with Gasteiger partial charge in [0.05, 0.1) is 11.6 Å². The van der Waals surface area contributed by atoms with Gasteiger partial charge in [-0.3, -0.25) is 4.79 Å². The van der Waals surface area contributed by atoms with E-state index in [0.29, 0.717) is 0 Å². The van der Waals surface area contributed by atoms with Crippen LogP contribution in [0, 0.1) is 18.7 Å². The van der Waals surface area contributed by atoms with Crippen molar-refractivity contribution in [2.45, 2.75) is 19.9 Å². The highest BCUT2D eigenvalue weighted by Crippen LogP contribution is 2.22. The number of hydrogen-bond donors (Lipinski definition) is 1. The number of pyridine rings is 1. The molecular formula is C13H12F2N2OS. The molecule has 2 rings (SSSR count). The fraction of sp³-hybridized carbons (Fsp3) is 0.231. The zero-order valence-electron chi connectivity index (χ0n) is 10.4. The van der Waals surface area contributed by atoms with Crippen molar-refractivity contribution >= 4 is 17.2 Å². The topological polar surface area (TPSA) is 42.0 Å². The van der Waals surface area contributed by atoms with E-state index in [2.05, 4.69) is 10.3 Å². The summed E-state index contributed by atoms with van der Waals surface area (Å²) in [5.74, 6) is -3.15. The largest absolute Gasteiger partial charge is 0.345 e. The van der Waals surface area contributed by atoms with Crippen molar-refractivity contribution in [2.75, 3.05) is 0 Å².